The summed E-state index contributed by atoms with van der Waals surface area (Å²) >= 11 is 6.40. The number of aryl methyl sites for hydroxylation is 1. The molecule has 126 valence electrons. The summed E-state index contributed by atoms with van der Waals surface area (Å²) in [5.41, 5.74) is 3.72. The lowest BCUT2D eigenvalue weighted by molar-refractivity contribution is -0.265. The van der Waals surface area contributed by atoms with Gasteiger partial charge in [0.15, 0.2) is 0 Å². The van der Waals surface area contributed by atoms with Gasteiger partial charge >= 0.3 is 5.97 Å². The molecule has 0 saturated carbocycles. The van der Waals surface area contributed by atoms with E-state index in [9.17, 15) is 10.1 Å². The lowest BCUT2D eigenvalue weighted by Crippen LogP contribution is -2.44. The molecular weight excluding hydrogens is 328 g/mol. The first-order chi connectivity index (χ1) is 11.3. The molecule has 1 aromatic heterocycles. The molecule has 1 N–H and O–H groups in total. The normalized spacial score (nSPS) is 20.0. The number of fused-ring (bicyclic) bond motifs is 3. The topological polar surface area (TPSA) is 75.1 Å². The Morgan fingerprint density at radius 2 is 2.25 bits per heavy atom. The Bertz CT molecular complexity index is 879. The number of hydrogen-bond donors (Lipinski definition) is 1. The average Bonchev–Trinajstić information content (AvgIpc) is 2.88. The number of aromatic amines is 1. The second-order valence-corrected chi connectivity index (χ2v) is 6.81. The van der Waals surface area contributed by atoms with Crippen LogP contribution in [0.5, 0.6) is 0 Å². The minimum atomic E-state index is -1.19. The van der Waals surface area contributed by atoms with Gasteiger partial charge in [0.05, 0.1) is 28.4 Å². The van der Waals surface area contributed by atoms with Crippen molar-refractivity contribution in [1.29, 1.82) is 5.26 Å². The molecule has 2 heterocycles. The Kier molecular flexibility index (Phi) is 4.06. The van der Waals surface area contributed by atoms with Crippen molar-refractivity contribution in [3.05, 3.63) is 33.5 Å². The fraction of sp³-hybridized carbons (Fsp3) is 0.444. The first-order valence-electron chi connectivity index (χ1n) is 7.89. The molecule has 5 nitrogen and oxygen atoms in total. The average molecular weight is 347 g/mol. The Hall–Kier alpha value is -2.03. The van der Waals surface area contributed by atoms with Gasteiger partial charge in [0.2, 0.25) is 0 Å². The summed E-state index contributed by atoms with van der Waals surface area (Å²) in [6.45, 7) is 7.50. The zero-order valence-electron chi connectivity index (χ0n) is 14.1. The Balaban J connectivity index is 2.39. The number of H-pyrrole nitrogens is 1. The summed E-state index contributed by atoms with van der Waals surface area (Å²) in [6.07, 6.45) is 0.625. The third-order valence-corrected chi connectivity index (χ3v) is 4.81. The van der Waals surface area contributed by atoms with Crippen LogP contribution in [0.15, 0.2) is 6.07 Å². The van der Waals surface area contributed by atoms with Crippen LogP contribution in [0.3, 0.4) is 0 Å². The standard InChI is InChI=1S/C18H19ClN2O3/c1-9(2)18(24-11(4)22)17-12(5-6-23-18)15-13(8-20)10(3)7-14(19)16(15)21-17/h7,9,21H,5-6H2,1-4H3. The van der Waals surface area contributed by atoms with Crippen LogP contribution in [0.25, 0.3) is 10.9 Å². The summed E-state index contributed by atoms with van der Waals surface area (Å²) in [5, 5.41) is 10.9. The van der Waals surface area contributed by atoms with Crippen molar-refractivity contribution < 1.29 is 14.3 Å². The van der Waals surface area contributed by atoms with E-state index in [1.807, 2.05) is 20.8 Å². The van der Waals surface area contributed by atoms with Crippen molar-refractivity contribution in [2.75, 3.05) is 6.61 Å². The van der Waals surface area contributed by atoms with Gasteiger partial charge in [0, 0.05) is 18.2 Å². The van der Waals surface area contributed by atoms with Crippen molar-refractivity contribution in [2.24, 2.45) is 5.92 Å². The quantitative estimate of drug-likeness (QED) is 0.835. The summed E-state index contributed by atoms with van der Waals surface area (Å²) in [5.74, 6) is -1.72. The highest BCUT2D eigenvalue weighted by Gasteiger charge is 2.47. The van der Waals surface area contributed by atoms with Crippen LogP contribution in [0, 0.1) is 24.2 Å². The molecule has 0 fully saturated rings. The number of esters is 1. The minimum Gasteiger partial charge on any atom is -0.427 e. The second-order valence-electron chi connectivity index (χ2n) is 6.40. The van der Waals surface area contributed by atoms with Crippen LogP contribution >= 0.6 is 11.6 Å². The van der Waals surface area contributed by atoms with E-state index >= 15 is 0 Å². The molecule has 6 heteroatoms. The SMILES string of the molecule is CC(=O)OC1(C(C)C)OCCc2c1[nH]c1c(Cl)cc(C)c(C#N)c21. The molecule has 0 amide bonds. The van der Waals surface area contributed by atoms with Crippen LogP contribution in [-0.4, -0.2) is 17.6 Å². The van der Waals surface area contributed by atoms with Gasteiger partial charge in [-0.3, -0.25) is 4.79 Å². The highest BCUT2D eigenvalue weighted by molar-refractivity contribution is 6.35. The van der Waals surface area contributed by atoms with Crippen LogP contribution in [0.1, 0.15) is 43.2 Å². The lowest BCUT2D eigenvalue weighted by atomic mass is 9.90. The minimum absolute atomic E-state index is 0.112. The maximum atomic E-state index is 11.7. The molecule has 0 aliphatic carbocycles. The van der Waals surface area contributed by atoms with Crippen molar-refractivity contribution >= 4 is 28.5 Å². The fourth-order valence-electron chi connectivity index (χ4n) is 3.46. The Labute approximate surface area is 145 Å². The first kappa shape index (κ1) is 16.8. The predicted octanol–water partition coefficient (Wildman–Crippen LogP) is 3.95. The summed E-state index contributed by atoms with van der Waals surface area (Å²) < 4.78 is 11.6. The number of carbonyl (C=O) groups is 1. The molecule has 1 unspecified atom stereocenters. The summed E-state index contributed by atoms with van der Waals surface area (Å²) in [6, 6.07) is 4.04. The van der Waals surface area contributed by atoms with Crippen molar-refractivity contribution in [2.45, 2.75) is 39.9 Å². The number of aromatic nitrogens is 1. The van der Waals surface area contributed by atoms with Gasteiger partial charge < -0.3 is 14.5 Å². The van der Waals surface area contributed by atoms with E-state index in [2.05, 4.69) is 11.1 Å². The third-order valence-electron chi connectivity index (χ3n) is 4.51. The fourth-order valence-corrected chi connectivity index (χ4v) is 3.77. The van der Waals surface area contributed by atoms with E-state index in [1.54, 1.807) is 6.07 Å². The zero-order valence-corrected chi connectivity index (χ0v) is 14.9. The number of rotatable bonds is 2. The molecule has 24 heavy (non-hydrogen) atoms. The van der Waals surface area contributed by atoms with Crippen molar-refractivity contribution in [3.8, 4) is 6.07 Å². The third kappa shape index (κ3) is 2.29. The molecule has 1 aliphatic rings. The van der Waals surface area contributed by atoms with Gasteiger partial charge in [-0.25, -0.2) is 0 Å². The molecule has 1 aliphatic heterocycles. The van der Waals surface area contributed by atoms with E-state index in [0.29, 0.717) is 34.8 Å². The molecule has 0 spiro atoms. The number of benzene rings is 1. The van der Waals surface area contributed by atoms with Crippen molar-refractivity contribution in [3.63, 3.8) is 0 Å². The monoisotopic (exact) mass is 346 g/mol. The highest BCUT2D eigenvalue weighted by Crippen LogP contribution is 2.45. The largest absolute Gasteiger partial charge is 0.427 e. The predicted molar refractivity (Wildman–Crippen MR) is 90.7 cm³/mol. The van der Waals surface area contributed by atoms with E-state index in [0.717, 1.165) is 16.5 Å². The number of halogens is 1. The number of nitriles is 1. The molecule has 0 saturated heterocycles. The van der Waals surface area contributed by atoms with Crippen LogP contribution in [0.2, 0.25) is 5.02 Å². The molecule has 1 aromatic carbocycles. The molecule has 0 radical (unpaired) electrons. The number of hydrogen-bond acceptors (Lipinski definition) is 4. The Morgan fingerprint density at radius 1 is 1.54 bits per heavy atom. The van der Waals surface area contributed by atoms with Crippen LogP contribution in [-0.2, 0) is 26.5 Å². The molecule has 0 bridgehead atoms. The van der Waals surface area contributed by atoms with Gasteiger partial charge in [-0.15, -0.1) is 0 Å². The number of nitrogens with zero attached hydrogens (tertiary/aromatic N) is 1. The first-order valence-corrected chi connectivity index (χ1v) is 8.27. The van der Waals surface area contributed by atoms with Gasteiger partial charge in [-0.1, -0.05) is 25.4 Å². The Morgan fingerprint density at radius 3 is 2.83 bits per heavy atom. The van der Waals surface area contributed by atoms with Gasteiger partial charge in [0.1, 0.15) is 6.07 Å². The highest BCUT2D eigenvalue weighted by atomic mass is 35.5. The zero-order chi connectivity index (χ0) is 17.6. The molecule has 2 aromatic rings. The second kappa shape index (κ2) is 5.80. The van der Waals surface area contributed by atoms with Gasteiger partial charge in [-0.05, 0) is 30.5 Å². The van der Waals surface area contributed by atoms with E-state index in [4.69, 9.17) is 21.1 Å². The van der Waals surface area contributed by atoms with E-state index in [-0.39, 0.29) is 5.92 Å². The van der Waals surface area contributed by atoms with Gasteiger partial charge in [-0.2, -0.15) is 5.26 Å². The van der Waals surface area contributed by atoms with Crippen LogP contribution in [0.4, 0.5) is 0 Å². The lowest BCUT2D eigenvalue weighted by Gasteiger charge is -2.39. The maximum absolute atomic E-state index is 11.7. The maximum Gasteiger partial charge on any atom is 0.305 e. The molecule has 1 atom stereocenters. The molecule has 3 rings (SSSR count). The number of nitrogens with one attached hydrogen (secondary N) is 1. The van der Waals surface area contributed by atoms with E-state index < -0.39 is 11.8 Å². The smallest absolute Gasteiger partial charge is 0.305 e. The molecular formula is C18H19ClN2O3. The van der Waals surface area contributed by atoms with Crippen LogP contribution < -0.4 is 0 Å². The summed E-state index contributed by atoms with van der Waals surface area (Å²) in [4.78, 5) is 15.0. The van der Waals surface area contributed by atoms with Gasteiger partial charge in [0.25, 0.3) is 5.79 Å². The number of ether oxygens (including phenoxy) is 2. The van der Waals surface area contributed by atoms with Crippen molar-refractivity contribution in [1.82, 2.24) is 4.98 Å². The summed E-state index contributed by atoms with van der Waals surface area (Å²) in [7, 11) is 0. The number of carbonyl (C=O) groups excluding carboxylic acids is 1. The van der Waals surface area contributed by atoms with E-state index in [1.165, 1.54) is 6.92 Å².